The van der Waals surface area contributed by atoms with Crippen molar-refractivity contribution in [1.82, 2.24) is 5.32 Å². The van der Waals surface area contributed by atoms with Crippen LogP contribution in [0.15, 0.2) is 14.3 Å². The maximum atomic E-state index is 11.9. The van der Waals surface area contributed by atoms with E-state index in [0.717, 1.165) is 8.26 Å². The number of hydrogen-bond donors (Lipinski definition) is 2. The predicted octanol–water partition coefficient (Wildman–Crippen LogP) is 3.21. The van der Waals surface area contributed by atoms with Crippen LogP contribution >= 0.6 is 55.0 Å². The topological polar surface area (TPSA) is 66.4 Å². The first-order valence-corrected chi connectivity index (χ1v) is 8.72. The molecule has 4 nitrogen and oxygen atoms in total. The van der Waals surface area contributed by atoms with Gasteiger partial charge in [0, 0.05) is 4.47 Å². The molecule has 0 aliphatic carbocycles. The molecular formula is C10H11Br2NO3S2. The Hall–Kier alpha value is -0.0500. The van der Waals surface area contributed by atoms with E-state index in [1.807, 2.05) is 6.26 Å². The molecular weight excluding hydrogens is 406 g/mol. The van der Waals surface area contributed by atoms with E-state index < -0.39 is 12.0 Å². The van der Waals surface area contributed by atoms with Crippen LogP contribution < -0.4 is 5.32 Å². The quantitative estimate of drug-likeness (QED) is 0.747. The summed E-state index contributed by atoms with van der Waals surface area (Å²) in [4.78, 5) is 23.4. The molecule has 8 heteroatoms. The normalized spacial score (nSPS) is 12.2. The number of thiophene rings is 1. The average molecular weight is 417 g/mol. The van der Waals surface area contributed by atoms with Crippen LogP contribution in [0, 0.1) is 0 Å². The van der Waals surface area contributed by atoms with E-state index in [9.17, 15) is 9.59 Å². The van der Waals surface area contributed by atoms with Crippen molar-refractivity contribution in [2.24, 2.45) is 0 Å². The fourth-order valence-electron chi connectivity index (χ4n) is 1.18. The van der Waals surface area contributed by atoms with Crippen molar-refractivity contribution in [3.63, 3.8) is 0 Å². The van der Waals surface area contributed by atoms with Gasteiger partial charge in [0.25, 0.3) is 5.91 Å². The lowest BCUT2D eigenvalue weighted by Crippen LogP contribution is -2.40. The SMILES string of the molecule is CSCC[C@H](NC(=O)c1cc(Br)c(Br)s1)C(=O)O. The fourth-order valence-corrected chi connectivity index (χ4v) is 3.59. The highest BCUT2D eigenvalue weighted by molar-refractivity contribution is 9.13. The molecule has 0 bridgehead atoms. The highest BCUT2D eigenvalue weighted by atomic mass is 79.9. The van der Waals surface area contributed by atoms with Crippen LogP contribution in [0.25, 0.3) is 0 Å². The van der Waals surface area contributed by atoms with Gasteiger partial charge in [0.2, 0.25) is 0 Å². The molecule has 18 heavy (non-hydrogen) atoms. The average Bonchev–Trinajstić information content (AvgIpc) is 2.64. The molecule has 0 unspecified atom stereocenters. The van der Waals surface area contributed by atoms with Crippen LogP contribution in [-0.4, -0.2) is 35.0 Å². The summed E-state index contributed by atoms with van der Waals surface area (Å²) in [6.45, 7) is 0. The van der Waals surface area contributed by atoms with Crippen molar-refractivity contribution >= 4 is 66.8 Å². The molecule has 0 aliphatic heterocycles. The third-order valence-corrected chi connectivity index (χ3v) is 5.98. The summed E-state index contributed by atoms with van der Waals surface area (Å²) >= 11 is 9.39. The Labute approximate surface area is 130 Å². The molecule has 0 spiro atoms. The maximum Gasteiger partial charge on any atom is 0.326 e. The molecule has 0 saturated carbocycles. The van der Waals surface area contributed by atoms with Crippen molar-refractivity contribution in [2.45, 2.75) is 12.5 Å². The third-order valence-electron chi connectivity index (χ3n) is 2.08. The van der Waals surface area contributed by atoms with E-state index in [4.69, 9.17) is 5.11 Å². The van der Waals surface area contributed by atoms with E-state index in [-0.39, 0.29) is 5.91 Å². The second-order valence-corrected chi connectivity index (χ2v) is 7.59. The Kier molecular flexibility index (Phi) is 6.68. The van der Waals surface area contributed by atoms with Crippen molar-refractivity contribution in [3.8, 4) is 0 Å². The first-order chi connectivity index (χ1) is 8.45. The van der Waals surface area contributed by atoms with Gasteiger partial charge < -0.3 is 10.4 Å². The van der Waals surface area contributed by atoms with E-state index in [1.54, 1.807) is 17.8 Å². The highest BCUT2D eigenvalue weighted by Crippen LogP contribution is 2.32. The molecule has 1 rings (SSSR count). The Balaban J connectivity index is 2.69. The molecule has 1 heterocycles. The van der Waals surface area contributed by atoms with Gasteiger partial charge in [-0.05, 0) is 56.4 Å². The monoisotopic (exact) mass is 415 g/mol. The molecule has 1 aromatic rings. The number of thioether (sulfide) groups is 1. The number of carboxylic acids is 1. The third kappa shape index (κ3) is 4.56. The number of carbonyl (C=O) groups excluding carboxylic acids is 1. The summed E-state index contributed by atoms with van der Waals surface area (Å²) in [5, 5.41) is 11.5. The zero-order valence-electron chi connectivity index (χ0n) is 9.41. The number of amides is 1. The second kappa shape index (κ2) is 7.52. The van der Waals surface area contributed by atoms with Crippen molar-refractivity contribution in [1.29, 1.82) is 0 Å². The van der Waals surface area contributed by atoms with Gasteiger partial charge in [-0.25, -0.2) is 4.79 Å². The minimum Gasteiger partial charge on any atom is -0.480 e. The Morgan fingerprint density at radius 1 is 1.56 bits per heavy atom. The van der Waals surface area contributed by atoms with Crippen LogP contribution in [0.4, 0.5) is 0 Å². The summed E-state index contributed by atoms with van der Waals surface area (Å²) in [7, 11) is 0. The van der Waals surface area contributed by atoms with E-state index >= 15 is 0 Å². The predicted molar refractivity (Wildman–Crippen MR) is 81.6 cm³/mol. The number of carboxylic acid groups (broad SMARTS) is 1. The number of aliphatic carboxylic acids is 1. The van der Waals surface area contributed by atoms with Crippen LogP contribution in [-0.2, 0) is 4.79 Å². The lowest BCUT2D eigenvalue weighted by atomic mass is 10.2. The largest absolute Gasteiger partial charge is 0.480 e. The number of hydrogen-bond acceptors (Lipinski definition) is 4. The lowest BCUT2D eigenvalue weighted by molar-refractivity contribution is -0.139. The molecule has 1 amide bonds. The van der Waals surface area contributed by atoms with Crippen molar-refractivity contribution in [2.75, 3.05) is 12.0 Å². The van der Waals surface area contributed by atoms with Crippen LogP contribution in [0.3, 0.4) is 0 Å². The van der Waals surface area contributed by atoms with Crippen molar-refractivity contribution < 1.29 is 14.7 Å². The zero-order valence-corrected chi connectivity index (χ0v) is 14.2. The maximum absolute atomic E-state index is 11.9. The van der Waals surface area contributed by atoms with Gasteiger partial charge in [-0.1, -0.05) is 0 Å². The van der Waals surface area contributed by atoms with Crippen LogP contribution in [0.1, 0.15) is 16.1 Å². The van der Waals surface area contributed by atoms with Crippen LogP contribution in [0.2, 0.25) is 0 Å². The minimum atomic E-state index is -1.01. The molecule has 0 saturated heterocycles. The fraction of sp³-hybridized carbons (Fsp3) is 0.400. The molecule has 1 aromatic heterocycles. The molecule has 0 radical (unpaired) electrons. The van der Waals surface area contributed by atoms with E-state index in [1.165, 1.54) is 11.3 Å². The molecule has 0 aliphatic rings. The number of halogens is 2. The number of rotatable bonds is 6. The van der Waals surface area contributed by atoms with Gasteiger partial charge in [0.15, 0.2) is 0 Å². The highest BCUT2D eigenvalue weighted by Gasteiger charge is 2.21. The van der Waals surface area contributed by atoms with Gasteiger partial charge in [-0.3, -0.25) is 4.79 Å². The lowest BCUT2D eigenvalue weighted by Gasteiger charge is -2.12. The summed E-state index contributed by atoms with van der Waals surface area (Å²) in [6.07, 6.45) is 2.31. The Morgan fingerprint density at radius 2 is 2.22 bits per heavy atom. The Morgan fingerprint density at radius 3 is 2.67 bits per heavy atom. The molecule has 0 aromatic carbocycles. The number of carbonyl (C=O) groups is 2. The van der Waals surface area contributed by atoms with Crippen molar-refractivity contribution in [3.05, 3.63) is 19.2 Å². The van der Waals surface area contributed by atoms with E-state index in [2.05, 4.69) is 37.2 Å². The summed E-state index contributed by atoms with van der Waals surface area (Å²) in [6, 6.07) is 0.821. The molecule has 100 valence electrons. The first kappa shape index (κ1) is 16.0. The second-order valence-electron chi connectivity index (χ2n) is 3.38. The summed E-state index contributed by atoms with van der Waals surface area (Å²) < 4.78 is 1.59. The molecule has 1 atom stereocenters. The molecule has 0 fully saturated rings. The van der Waals surface area contributed by atoms with Crippen LogP contribution in [0.5, 0.6) is 0 Å². The minimum absolute atomic E-state index is 0.361. The smallest absolute Gasteiger partial charge is 0.326 e. The van der Waals surface area contributed by atoms with Gasteiger partial charge in [0.1, 0.15) is 6.04 Å². The summed E-state index contributed by atoms with van der Waals surface area (Å²) in [5.74, 6) is -0.679. The van der Waals surface area contributed by atoms with Gasteiger partial charge >= 0.3 is 5.97 Å². The molecule has 2 N–H and O–H groups in total. The van der Waals surface area contributed by atoms with Gasteiger partial charge in [0.05, 0.1) is 8.66 Å². The first-order valence-electron chi connectivity index (χ1n) is 4.93. The van der Waals surface area contributed by atoms with Gasteiger partial charge in [-0.15, -0.1) is 11.3 Å². The number of nitrogens with one attached hydrogen (secondary N) is 1. The standard InChI is InChI=1S/C10H11Br2NO3S2/c1-17-3-2-6(10(15)16)13-9(14)7-4-5(11)8(12)18-7/h4,6H,2-3H2,1H3,(H,13,14)(H,15,16)/t6-/m0/s1. The Bertz CT molecular complexity index is 431. The van der Waals surface area contributed by atoms with Gasteiger partial charge in [-0.2, -0.15) is 11.8 Å². The zero-order chi connectivity index (χ0) is 13.7. The van der Waals surface area contributed by atoms with E-state index in [0.29, 0.717) is 17.1 Å². The summed E-state index contributed by atoms with van der Waals surface area (Å²) in [5.41, 5.74) is 0.